The monoisotopic (exact) mass is 366 g/mol. The molecule has 2 unspecified atom stereocenters. The van der Waals surface area contributed by atoms with E-state index in [0.29, 0.717) is 12.5 Å². The number of nitrogens with zero attached hydrogens (tertiary/aromatic N) is 3. The molecule has 1 saturated carbocycles. The first kappa shape index (κ1) is 16.8. The van der Waals surface area contributed by atoms with Crippen LogP contribution in [0.1, 0.15) is 43.7 Å². The number of hydrogen-bond donors (Lipinski definition) is 2. The molecule has 1 aromatic carbocycles. The molecule has 2 aliphatic heterocycles. The molecule has 2 aromatic rings. The van der Waals surface area contributed by atoms with Crippen LogP contribution in [0.25, 0.3) is 11.3 Å². The number of fused-ring (bicyclic) bond motifs is 3. The second-order valence-corrected chi connectivity index (χ2v) is 8.14. The van der Waals surface area contributed by atoms with Crippen molar-refractivity contribution in [3.8, 4) is 11.3 Å². The molecule has 3 aliphatic rings. The number of imidazole rings is 1. The summed E-state index contributed by atoms with van der Waals surface area (Å²) in [4.78, 5) is 18.4. The van der Waals surface area contributed by atoms with E-state index in [1.54, 1.807) is 0 Å². The first-order valence-electron chi connectivity index (χ1n) is 10.1. The zero-order valence-corrected chi connectivity index (χ0v) is 15.4. The van der Waals surface area contributed by atoms with Crippen LogP contribution in [0.5, 0.6) is 0 Å². The highest BCUT2D eigenvalue weighted by Crippen LogP contribution is 2.42. The van der Waals surface area contributed by atoms with E-state index in [9.17, 15) is 9.90 Å². The molecule has 5 rings (SSSR count). The van der Waals surface area contributed by atoms with Gasteiger partial charge in [0.1, 0.15) is 0 Å². The topological polar surface area (TPSA) is 70.4 Å². The fourth-order valence-electron chi connectivity index (χ4n) is 4.57. The van der Waals surface area contributed by atoms with Crippen molar-refractivity contribution in [2.75, 3.05) is 13.1 Å². The summed E-state index contributed by atoms with van der Waals surface area (Å²) < 4.78 is 2.19. The van der Waals surface area contributed by atoms with E-state index in [2.05, 4.69) is 39.1 Å². The van der Waals surface area contributed by atoms with E-state index in [1.807, 2.05) is 17.4 Å². The molecule has 2 fully saturated rings. The van der Waals surface area contributed by atoms with Crippen LogP contribution >= 0.6 is 0 Å². The van der Waals surface area contributed by atoms with Gasteiger partial charge in [0.05, 0.1) is 30.4 Å². The molecular formula is C21H26N4O2. The van der Waals surface area contributed by atoms with Crippen molar-refractivity contribution in [3.63, 3.8) is 0 Å². The van der Waals surface area contributed by atoms with Gasteiger partial charge in [-0.25, -0.2) is 9.78 Å². The van der Waals surface area contributed by atoms with Crippen molar-refractivity contribution < 1.29 is 9.90 Å². The van der Waals surface area contributed by atoms with Crippen LogP contribution in [-0.2, 0) is 0 Å². The third kappa shape index (κ3) is 3.12. The maximum atomic E-state index is 12.2. The number of carbonyl (C=O) groups is 1. The Labute approximate surface area is 159 Å². The van der Waals surface area contributed by atoms with Gasteiger partial charge < -0.3 is 19.9 Å². The summed E-state index contributed by atoms with van der Waals surface area (Å²) in [5.41, 5.74) is 3.63. The van der Waals surface area contributed by atoms with Crippen LogP contribution in [0.15, 0.2) is 36.8 Å². The van der Waals surface area contributed by atoms with Gasteiger partial charge in [-0.3, -0.25) is 0 Å². The Hall–Kier alpha value is -2.34. The van der Waals surface area contributed by atoms with Crippen LogP contribution < -0.4 is 5.32 Å². The highest BCUT2D eigenvalue weighted by molar-refractivity contribution is 5.75. The second kappa shape index (κ2) is 6.68. The van der Waals surface area contributed by atoms with Gasteiger partial charge >= 0.3 is 6.03 Å². The quantitative estimate of drug-likeness (QED) is 0.874. The van der Waals surface area contributed by atoms with E-state index in [4.69, 9.17) is 0 Å². The first-order chi connectivity index (χ1) is 13.2. The highest BCUT2D eigenvalue weighted by atomic mass is 16.3. The summed E-state index contributed by atoms with van der Waals surface area (Å²) in [6.07, 6.45) is 8.05. The normalized spacial score (nSPS) is 23.0. The van der Waals surface area contributed by atoms with E-state index in [1.165, 1.54) is 11.1 Å². The van der Waals surface area contributed by atoms with Crippen molar-refractivity contribution in [3.05, 3.63) is 42.4 Å². The molecule has 27 heavy (non-hydrogen) atoms. The lowest BCUT2D eigenvalue weighted by atomic mass is 9.86. The van der Waals surface area contributed by atoms with Gasteiger partial charge in [-0.15, -0.1) is 0 Å². The van der Waals surface area contributed by atoms with Gasteiger partial charge in [-0.1, -0.05) is 24.3 Å². The summed E-state index contributed by atoms with van der Waals surface area (Å²) in [6.45, 7) is 1.47. The Morgan fingerprint density at radius 2 is 2.00 bits per heavy atom. The minimum Gasteiger partial charge on any atom is -0.393 e. The van der Waals surface area contributed by atoms with Crippen LogP contribution in [0, 0.1) is 5.92 Å². The Kier molecular flexibility index (Phi) is 4.16. The number of likely N-dealkylation sites (tertiary alicyclic amines) is 1. The zero-order chi connectivity index (χ0) is 18.4. The largest absolute Gasteiger partial charge is 0.393 e. The molecule has 2 amide bonds. The number of aromatic nitrogens is 2. The number of hydrogen-bond acceptors (Lipinski definition) is 3. The van der Waals surface area contributed by atoms with Crippen LogP contribution in [0.4, 0.5) is 4.79 Å². The SMILES string of the molecule is O=C(NC1CC1)N1CCC(C(O)CC2c3ccccc3-c3cncn32)CC1. The summed E-state index contributed by atoms with van der Waals surface area (Å²) in [5, 5.41) is 14.0. The zero-order valence-electron chi connectivity index (χ0n) is 15.4. The van der Waals surface area contributed by atoms with Gasteiger partial charge in [0.25, 0.3) is 0 Å². The molecule has 6 nitrogen and oxygen atoms in total. The van der Waals surface area contributed by atoms with Gasteiger partial charge in [0, 0.05) is 24.7 Å². The number of amides is 2. The minimum atomic E-state index is -0.370. The van der Waals surface area contributed by atoms with Crippen LogP contribution in [0.3, 0.4) is 0 Å². The average molecular weight is 366 g/mol. The number of aliphatic hydroxyl groups excluding tert-OH is 1. The summed E-state index contributed by atoms with van der Waals surface area (Å²) >= 11 is 0. The molecule has 0 bridgehead atoms. The van der Waals surface area contributed by atoms with Crippen molar-refractivity contribution in [1.29, 1.82) is 0 Å². The fourth-order valence-corrected chi connectivity index (χ4v) is 4.57. The predicted octanol–water partition coefficient (Wildman–Crippen LogP) is 2.79. The van der Waals surface area contributed by atoms with Crippen molar-refractivity contribution in [2.45, 2.75) is 50.3 Å². The highest BCUT2D eigenvalue weighted by Gasteiger charge is 2.34. The Morgan fingerprint density at radius 1 is 1.22 bits per heavy atom. The number of benzene rings is 1. The number of nitrogens with one attached hydrogen (secondary N) is 1. The first-order valence-corrected chi connectivity index (χ1v) is 10.1. The van der Waals surface area contributed by atoms with Gasteiger partial charge in [-0.2, -0.15) is 0 Å². The molecule has 2 N–H and O–H groups in total. The molecule has 1 saturated heterocycles. The van der Waals surface area contributed by atoms with Gasteiger partial charge in [-0.05, 0) is 43.6 Å². The maximum absolute atomic E-state index is 12.2. The smallest absolute Gasteiger partial charge is 0.317 e. The third-order valence-electron chi connectivity index (χ3n) is 6.34. The van der Waals surface area contributed by atoms with Crippen molar-refractivity contribution in [1.82, 2.24) is 19.8 Å². The van der Waals surface area contributed by atoms with Gasteiger partial charge in [0.2, 0.25) is 0 Å². The molecule has 142 valence electrons. The molecule has 0 spiro atoms. The molecular weight excluding hydrogens is 340 g/mol. The molecule has 2 atom stereocenters. The maximum Gasteiger partial charge on any atom is 0.317 e. The number of carbonyl (C=O) groups excluding carboxylic acids is 1. The number of piperidine rings is 1. The Balaban J connectivity index is 1.23. The van der Waals surface area contributed by atoms with E-state index in [0.717, 1.165) is 44.5 Å². The van der Waals surface area contributed by atoms with Crippen molar-refractivity contribution in [2.24, 2.45) is 5.92 Å². The van der Waals surface area contributed by atoms with E-state index < -0.39 is 0 Å². The molecule has 6 heteroatoms. The Bertz CT molecular complexity index is 836. The summed E-state index contributed by atoms with van der Waals surface area (Å²) in [6, 6.07) is 9.01. The summed E-state index contributed by atoms with van der Waals surface area (Å²) in [5.74, 6) is 0.245. The fraction of sp³-hybridized carbons (Fsp3) is 0.524. The number of aliphatic hydroxyl groups is 1. The molecule has 1 aliphatic carbocycles. The average Bonchev–Trinajstić information content (AvgIpc) is 3.29. The Morgan fingerprint density at radius 3 is 2.78 bits per heavy atom. The molecule has 1 aromatic heterocycles. The number of rotatable bonds is 4. The predicted molar refractivity (Wildman–Crippen MR) is 102 cm³/mol. The number of urea groups is 1. The van der Waals surface area contributed by atoms with Crippen LogP contribution in [-0.4, -0.2) is 50.8 Å². The lowest BCUT2D eigenvalue weighted by molar-refractivity contribution is 0.0538. The lowest BCUT2D eigenvalue weighted by Crippen LogP contribution is -2.46. The third-order valence-corrected chi connectivity index (χ3v) is 6.34. The van der Waals surface area contributed by atoms with Crippen LogP contribution in [0.2, 0.25) is 0 Å². The second-order valence-electron chi connectivity index (χ2n) is 8.14. The van der Waals surface area contributed by atoms with Crippen molar-refractivity contribution >= 4 is 6.03 Å². The molecule has 0 radical (unpaired) electrons. The van der Waals surface area contributed by atoms with E-state index in [-0.39, 0.29) is 24.1 Å². The van der Waals surface area contributed by atoms with E-state index >= 15 is 0 Å². The lowest BCUT2D eigenvalue weighted by Gasteiger charge is -2.35. The minimum absolute atomic E-state index is 0.0678. The standard InChI is InChI=1S/C21H26N4O2/c26-20(14-7-9-24(10-8-14)21(27)23-15-5-6-15)11-18-16-3-1-2-4-17(16)19-12-22-13-25(18)19/h1-4,12-15,18,20,26H,5-11H2,(H,23,27). The summed E-state index contributed by atoms with van der Waals surface area (Å²) in [7, 11) is 0. The van der Waals surface area contributed by atoms with Gasteiger partial charge in [0.15, 0.2) is 0 Å². The molecule has 3 heterocycles.